The van der Waals surface area contributed by atoms with Crippen molar-refractivity contribution in [3.63, 3.8) is 0 Å². The number of carbonyl (C=O) groups excluding carboxylic acids is 1. The molecule has 1 heterocycles. The molecule has 1 aromatic heterocycles. The normalized spacial score (nSPS) is 10.8. The minimum Gasteiger partial charge on any atom is -0.383 e. The molecule has 4 heteroatoms. The first kappa shape index (κ1) is 18.3. The van der Waals surface area contributed by atoms with Crippen LogP contribution < -0.4 is 0 Å². The van der Waals surface area contributed by atoms with Crippen LogP contribution in [0.25, 0.3) is 5.69 Å². The molecule has 1 aromatic carbocycles. The molecule has 0 fully saturated rings. The zero-order valence-corrected chi connectivity index (χ0v) is 15.2. The van der Waals surface area contributed by atoms with E-state index in [9.17, 15) is 4.79 Å². The maximum atomic E-state index is 12.8. The van der Waals surface area contributed by atoms with E-state index in [2.05, 4.69) is 37.5 Å². The first-order chi connectivity index (χ1) is 11.6. The summed E-state index contributed by atoms with van der Waals surface area (Å²) in [5.41, 5.74) is 4.20. The van der Waals surface area contributed by atoms with Gasteiger partial charge in [0.15, 0.2) is 0 Å². The van der Waals surface area contributed by atoms with Crippen molar-refractivity contribution in [2.45, 2.75) is 33.6 Å². The number of carbonyl (C=O) groups is 1. The van der Waals surface area contributed by atoms with Crippen molar-refractivity contribution >= 4 is 5.91 Å². The zero-order chi connectivity index (χ0) is 17.5. The molecule has 4 nitrogen and oxygen atoms in total. The first-order valence-corrected chi connectivity index (χ1v) is 8.62. The predicted molar refractivity (Wildman–Crippen MR) is 97.9 cm³/mol. The third kappa shape index (κ3) is 4.26. The number of benzene rings is 1. The molecule has 0 saturated heterocycles. The summed E-state index contributed by atoms with van der Waals surface area (Å²) in [6.45, 7) is 8.28. The highest BCUT2D eigenvalue weighted by atomic mass is 16.5. The Morgan fingerprint density at radius 3 is 2.21 bits per heavy atom. The van der Waals surface area contributed by atoms with Crippen molar-refractivity contribution in [1.82, 2.24) is 9.47 Å². The lowest BCUT2D eigenvalue weighted by Crippen LogP contribution is -2.34. The molecule has 130 valence electrons. The quantitative estimate of drug-likeness (QED) is 0.734. The van der Waals surface area contributed by atoms with Gasteiger partial charge < -0.3 is 14.2 Å². The zero-order valence-electron chi connectivity index (χ0n) is 15.2. The van der Waals surface area contributed by atoms with Gasteiger partial charge in [0.1, 0.15) is 0 Å². The van der Waals surface area contributed by atoms with Crippen LogP contribution in [0.1, 0.15) is 41.5 Å². The van der Waals surface area contributed by atoms with Crippen molar-refractivity contribution in [2.24, 2.45) is 0 Å². The molecule has 0 aliphatic heterocycles. The van der Waals surface area contributed by atoms with Crippen molar-refractivity contribution in [3.05, 3.63) is 53.3 Å². The number of hydrogen-bond donors (Lipinski definition) is 0. The van der Waals surface area contributed by atoms with Crippen LogP contribution in [-0.4, -0.2) is 42.2 Å². The summed E-state index contributed by atoms with van der Waals surface area (Å²) in [6, 6.07) is 12.1. The maximum Gasteiger partial charge on any atom is 0.253 e. The highest BCUT2D eigenvalue weighted by molar-refractivity contribution is 5.94. The third-order valence-corrected chi connectivity index (χ3v) is 4.28. The SMILES string of the molecule is CCCCN(CCOC)C(=O)c1ccc(-n2c(C)ccc2C)cc1. The van der Waals surface area contributed by atoms with Gasteiger partial charge in [0, 0.05) is 42.8 Å². The Morgan fingerprint density at radius 1 is 1.04 bits per heavy atom. The molecule has 0 spiro atoms. The minimum absolute atomic E-state index is 0.0769. The van der Waals surface area contributed by atoms with Crippen molar-refractivity contribution in [3.8, 4) is 5.69 Å². The first-order valence-electron chi connectivity index (χ1n) is 8.62. The predicted octanol–water partition coefficient (Wildman–Crippen LogP) is 3.98. The monoisotopic (exact) mass is 328 g/mol. The van der Waals surface area contributed by atoms with E-state index in [4.69, 9.17) is 4.74 Å². The van der Waals surface area contributed by atoms with E-state index in [1.54, 1.807) is 7.11 Å². The van der Waals surface area contributed by atoms with E-state index in [0.717, 1.165) is 30.6 Å². The van der Waals surface area contributed by atoms with E-state index in [-0.39, 0.29) is 5.91 Å². The lowest BCUT2D eigenvalue weighted by Gasteiger charge is -2.22. The number of amides is 1. The number of aryl methyl sites for hydroxylation is 2. The molecular weight excluding hydrogens is 300 g/mol. The van der Waals surface area contributed by atoms with Crippen LogP contribution in [0.4, 0.5) is 0 Å². The summed E-state index contributed by atoms with van der Waals surface area (Å²) < 4.78 is 7.32. The average Bonchev–Trinajstić information content (AvgIpc) is 2.93. The van der Waals surface area contributed by atoms with Crippen molar-refractivity contribution < 1.29 is 9.53 Å². The molecular formula is C20H28N2O2. The smallest absolute Gasteiger partial charge is 0.253 e. The molecule has 0 aliphatic carbocycles. The summed E-state index contributed by atoms with van der Waals surface area (Å²) in [6.07, 6.45) is 2.08. The van der Waals surface area contributed by atoms with Gasteiger partial charge in [-0.1, -0.05) is 13.3 Å². The Bertz CT molecular complexity index is 631. The third-order valence-electron chi connectivity index (χ3n) is 4.28. The second kappa shape index (κ2) is 8.69. The summed E-state index contributed by atoms with van der Waals surface area (Å²) >= 11 is 0. The number of methoxy groups -OCH3 is 1. The van der Waals surface area contributed by atoms with Crippen LogP contribution in [0.3, 0.4) is 0 Å². The Kier molecular flexibility index (Phi) is 6.62. The van der Waals surface area contributed by atoms with Gasteiger partial charge in [-0.15, -0.1) is 0 Å². The van der Waals surface area contributed by atoms with Crippen LogP contribution in [0.2, 0.25) is 0 Å². The Hall–Kier alpha value is -2.07. The van der Waals surface area contributed by atoms with Crippen LogP contribution in [0.5, 0.6) is 0 Å². The largest absolute Gasteiger partial charge is 0.383 e. The molecule has 0 saturated carbocycles. The van der Waals surface area contributed by atoms with Gasteiger partial charge in [-0.2, -0.15) is 0 Å². The van der Waals surface area contributed by atoms with Gasteiger partial charge in [-0.05, 0) is 56.7 Å². The molecule has 0 N–H and O–H groups in total. The number of unbranched alkanes of at least 4 members (excludes halogenated alkanes) is 1. The van der Waals surface area contributed by atoms with E-state index in [0.29, 0.717) is 13.2 Å². The molecule has 0 radical (unpaired) electrons. The lowest BCUT2D eigenvalue weighted by atomic mass is 10.1. The second-order valence-corrected chi connectivity index (χ2v) is 6.14. The van der Waals surface area contributed by atoms with Crippen LogP contribution in [-0.2, 0) is 4.74 Å². The standard InChI is InChI=1S/C20H28N2O2/c1-5-6-13-21(14-15-24-4)20(23)18-9-11-19(12-10-18)22-16(2)7-8-17(22)3/h7-12H,5-6,13-15H2,1-4H3. The highest BCUT2D eigenvalue weighted by Gasteiger charge is 2.15. The fourth-order valence-electron chi connectivity index (χ4n) is 2.88. The molecule has 24 heavy (non-hydrogen) atoms. The number of hydrogen-bond acceptors (Lipinski definition) is 2. The van der Waals surface area contributed by atoms with Crippen LogP contribution >= 0.6 is 0 Å². The summed E-state index contributed by atoms with van der Waals surface area (Å²) in [7, 11) is 1.67. The molecule has 2 aromatic rings. The summed E-state index contributed by atoms with van der Waals surface area (Å²) in [5.74, 6) is 0.0769. The van der Waals surface area contributed by atoms with E-state index >= 15 is 0 Å². The fourth-order valence-corrected chi connectivity index (χ4v) is 2.88. The van der Waals surface area contributed by atoms with Crippen LogP contribution in [0.15, 0.2) is 36.4 Å². The number of rotatable bonds is 8. The number of ether oxygens (including phenoxy) is 1. The van der Waals surface area contributed by atoms with Crippen LogP contribution in [0, 0.1) is 13.8 Å². The van der Waals surface area contributed by atoms with Gasteiger partial charge in [0.05, 0.1) is 6.61 Å². The van der Waals surface area contributed by atoms with Crippen molar-refractivity contribution in [1.29, 1.82) is 0 Å². The fraction of sp³-hybridized carbons (Fsp3) is 0.450. The summed E-state index contributed by atoms with van der Waals surface area (Å²) in [5, 5.41) is 0. The molecule has 1 amide bonds. The van der Waals surface area contributed by atoms with Gasteiger partial charge >= 0.3 is 0 Å². The summed E-state index contributed by atoms with van der Waals surface area (Å²) in [4.78, 5) is 14.6. The Morgan fingerprint density at radius 2 is 1.67 bits per heavy atom. The van der Waals surface area contributed by atoms with Crippen molar-refractivity contribution in [2.75, 3.05) is 26.8 Å². The Balaban J connectivity index is 2.17. The number of aromatic nitrogens is 1. The molecule has 0 bridgehead atoms. The number of nitrogens with zero attached hydrogens (tertiary/aromatic N) is 2. The van der Waals surface area contributed by atoms with E-state index in [1.807, 2.05) is 29.2 Å². The van der Waals surface area contributed by atoms with E-state index < -0.39 is 0 Å². The maximum absolute atomic E-state index is 12.8. The molecule has 0 atom stereocenters. The lowest BCUT2D eigenvalue weighted by molar-refractivity contribution is 0.0693. The minimum atomic E-state index is 0.0769. The van der Waals surface area contributed by atoms with Gasteiger partial charge in [-0.3, -0.25) is 4.79 Å². The average molecular weight is 328 g/mol. The van der Waals surface area contributed by atoms with Gasteiger partial charge in [0.25, 0.3) is 5.91 Å². The topological polar surface area (TPSA) is 34.5 Å². The highest BCUT2D eigenvalue weighted by Crippen LogP contribution is 2.17. The van der Waals surface area contributed by atoms with E-state index in [1.165, 1.54) is 11.4 Å². The second-order valence-electron chi connectivity index (χ2n) is 6.14. The van der Waals surface area contributed by atoms with Gasteiger partial charge in [0.2, 0.25) is 0 Å². The molecule has 2 rings (SSSR count). The van der Waals surface area contributed by atoms with Gasteiger partial charge in [-0.25, -0.2) is 0 Å². The molecule has 0 unspecified atom stereocenters. The molecule has 0 aliphatic rings. The Labute approximate surface area is 145 Å².